The normalized spacial score (nSPS) is 19.9. The molecule has 1 aliphatic rings. The summed E-state index contributed by atoms with van der Waals surface area (Å²) >= 11 is 0. The van der Waals surface area contributed by atoms with E-state index in [-0.39, 0.29) is 12.4 Å². The molecule has 110 valence electrons. The number of rotatable bonds is 1. The number of ether oxygens (including phenoxy) is 1. The number of nitrogens with two attached hydrogens (primary N) is 1. The molecule has 22 heavy (non-hydrogen) atoms. The van der Waals surface area contributed by atoms with Gasteiger partial charge in [-0.05, 0) is 29.8 Å². The van der Waals surface area contributed by atoms with Crippen molar-refractivity contribution in [3.63, 3.8) is 0 Å². The first-order chi connectivity index (χ1) is 10.6. The van der Waals surface area contributed by atoms with Gasteiger partial charge in [0.25, 0.3) is 0 Å². The molecule has 1 aliphatic heterocycles. The van der Waals surface area contributed by atoms with Crippen molar-refractivity contribution in [1.82, 2.24) is 0 Å². The Morgan fingerprint density at radius 2 is 1.82 bits per heavy atom. The fourth-order valence-corrected chi connectivity index (χ4v) is 3.09. The lowest BCUT2D eigenvalue weighted by Crippen LogP contribution is -2.37. The fraction of sp³-hybridized carbons (Fsp3) is 0.111. The predicted molar refractivity (Wildman–Crippen MR) is 83.3 cm³/mol. The molecule has 0 aromatic heterocycles. The first-order valence-corrected chi connectivity index (χ1v) is 7.02. The van der Waals surface area contributed by atoms with Crippen LogP contribution < -0.4 is 10.5 Å². The van der Waals surface area contributed by atoms with Gasteiger partial charge in [-0.25, -0.2) is 4.39 Å². The van der Waals surface area contributed by atoms with Gasteiger partial charge in [0.1, 0.15) is 23.8 Å². The highest BCUT2D eigenvalue weighted by Crippen LogP contribution is 2.44. The van der Waals surface area contributed by atoms with Crippen LogP contribution in [0.2, 0.25) is 0 Å². The molecule has 0 aliphatic carbocycles. The summed E-state index contributed by atoms with van der Waals surface area (Å²) in [5.74, 6) is 0.360. The Morgan fingerprint density at radius 3 is 2.59 bits per heavy atom. The summed E-state index contributed by atoms with van der Waals surface area (Å²) in [7, 11) is 0. The van der Waals surface area contributed by atoms with Gasteiger partial charge >= 0.3 is 0 Å². The zero-order valence-electron chi connectivity index (χ0n) is 11.7. The van der Waals surface area contributed by atoms with Crippen LogP contribution in [0.3, 0.4) is 0 Å². The van der Waals surface area contributed by atoms with Crippen molar-refractivity contribution < 1.29 is 14.2 Å². The lowest BCUT2D eigenvalue weighted by atomic mass is 9.82. The van der Waals surface area contributed by atoms with Crippen LogP contribution in [0.4, 0.5) is 10.1 Å². The minimum atomic E-state index is -1.33. The Morgan fingerprint density at radius 1 is 1.05 bits per heavy atom. The smallest absolute Gasteiger partial charge is 0.149 e. The summed E-state index contributed by atoms with van der Waals surface area (Å²) in [4.78, 5) is 0. The molecule has 0 saturated heterocycles. The van der Waals surface area contributed by atoms with Crippen molar-refractivity contribution in [3.8, 4) is 5.75 Å². The van der Waals surface area contributed by atoms with Crippen LogP contribution in [0.5, 0.6) is 5.75 Å². The largest absolute Gasteiger partial charge is 0.489 e. The van der Waals surface area contributed by atoms with Crippen LogP contribution in [0.15, 0.2) is 54.6 Å². The van der Waals surface area contributed by atoms with Gasteiger partial charge < -0.3 is 15.6 Å². The van der Waals surface area contributed by atoms with Gasteiger partial charge in [-0.3, -0.25) is 0 Å². The third-order valence-corrected chi connectivity index (χ3v) is 4.24. The number of hydrogen-bond acceptors (Lipinski definition) is 3. The summed E-state index contributed by atoms with van der Waals surface area (Å²) < 4.78 is 18.9. The molecule has 3 nitrogen and oxygen atoms in total. The zero-order valence-corrected chi connectivity index (χ0v) is 11.7. The first-order valence-electron chi connectivity index (χ1n) is 7.02. The summed E-state index contributed by atoms with van der Waals surface area (Å²) in [5, 5.41) is 12.8. The van der Waals surface area contributed by atoms with E-state index >= 15 is 0 Å². The van der Waals surface area contributed by atoms with Gasteiger partial charge in [0.2, 0.25) is 0 Å². The molecule has 3 N–H and O–H groups in total. The summed E-state index contributed by atoms with van der Waals surface area (Å²) in [6.07, 6.45) is 0. The minimum absolute atomic E-state index is 0.0780. The SMILES string of the molecule is Nc1ccc2c3c(cccc13)C(O)(c1ccc(F)cc1)CO2. The van der Waals surface area contributed by atoms with Gasteiger partial charge in [0.05, 0.1) is 0 Å². The van der Waals surface area contributed by atoms with E-state index in [4.69, 9.17) is 10.5 Å². The van der Waals surface area contributed by atoms with E-state index in [1.165, 1.54) is 12.1 Å². The highest BCUT2D eigenvalue weighted by molar-refractivity contribution is 6.00. The molecule has 3 aromatic carbocycles. The van der Waals surface area contributed by atoms with Crippen LogP contribution in [-0.2, 0) is 5.60 Å². The molecule has 4 rings (SSSR count). The Labute approximate surface area is 126 Å². The monoisotopic (exact) mass is 295 g/mol. The highest BCUT2D eigenvalue weighted by atomic mass is 19.1. The maximum atomic E-state index is 13.2. The first kappa shape index (κ1) is 13.1. The van der Waals surface area contributed by atoms with E-state index in [0.717, 1.165) is 16.3 Å². The molecule has 1 heterocycles. The molecular weight excluding hydrogens is 281 g/mol. The third-order valence-electron chi connectivity index (χ3n) is 4.24. The Kier molecular flexibility index (Phi) is 2.65. The second-order valence-electron chi connectivity index (χ2n) is 5.54. The number of benzene rings is 3. The van der Waals surface area contributed by atoms with Crippen molar-refractivity contribution in [2.45, 2.75) is 5.60 Å². The quantitative estimate of drug-likeness (QED) is 0.678. The molecule has 0 fully saturated rings. The predicted octanol–water partition coefficient (Wildman–Crippen LogP) is 3.19. The number of nitrogen functional groups attached to an aromatic ring is 1. The molecule has 1 atom stereocenters. The van der Waals surface area contributed by atoms with Crippen molar-refractivity contribution in [1.29, 1.82) is 0 Å². The van der Waals surface area contributed by atoms with Crippen molar-refractivity contribution in [2.24, 2.45) is 0 Å². The molecule has 0 radical (unpaired) electrons. The van der Waals surface area contributed by atoms with Gasteiger partial charge in [-0.1, -0.05) is 30.3 Å². The third kappa shape index (κ3) is 1.71. The number of anilines is 1. The van der Waals surface area contributed by atoms with E-state index in [2.05, 4.69) is 0 Å². The Balaban J connectivity index is 2.02. The topological polar surface area (TPSA) is 55.5 Å². The van der Waals surface area contributed by atoms with Gasteiger partial charge in [-0.2, -0.15) is 0 Å². The number of aliphatic hydroxyl groups is 1. The average molecular weight is 295 g/mol. The molecule has 0 bridgehead atoms. The van der Waals surface area contributed by atoms with E-state index in [0.29, 0.717) is 17.0 Å². The van der Waals surface area contributed by atoms with Crippen molar-refractivity contribution in [3.05, 3.63) is 71.5 Å². The molecule has 0 amide bonds. The molecule has 0 spiro atoms. The molecule has 0 saturated carbocycles. The molecule has 4 heteroatoms. The second kappa shape index (κ2) is 4.45. The van der Waals surface area contributed by atoms with Crippen LogP contribution >= 0.6 is 0 Å². The maximum Gasteiger partial charge on any atom is 0.149 e. The van der Waals surface area contributed by atoms with Gasteiger partial charge in [-0.15, -0.1) is 0 Å². The second-order valence-corrected chi connectivity index (χ2v) is 5.54. The summed E-state index contributed by atoms with van der Waals surface area (Å²) in [6, 6.07) is 15.1. The lowest BCUT2D eigenvalue weighted by Gasteiger charge is -2.35. The van der Waals surface area contributed by atoms with E-state index in [1.54, 1.807) is 18.2 Å². The van der Waals surface area contributed by atoms with E-state index in [9.17, 15) is 9.50 Å². The van der Waals surface area contributed by atoms with Crippen LogP contribution in [-0.4, -0.2) is 11.7 Å². The fourth-order valence-electron chi connectivity index (χ4n) is 3.09. The van der Waals surface area contributed by atoms with Crippen molar-refractivity contribution >= 4 is 16.5 Å². The van der Waals surface area contributed by atoms with Crippen LogP contribution in [0.1, 0.15) is 11.1 Å². The highest BCUT2D eigenvalue weighted by Gasteiger charge is 2.38. The van der Waals surface area contributed by atoms with Crippen molar-refractivity contribution in [2.75, 3.05) is 12.3 Å². The molecule has 3 aromatic rings. The standard InChI is InChI=1S/C18H14FNO2/c19-12-6-4-11(5-7-12)18(21)10-22-16-9-8-15(20)13-2-1-3-14(18)17(13)16/h1-9,21H,10,20H2. The Bertz CT molecular complexity index is 876. The van der Waals surface area contributed by atoms with Gasteiger partial charge in [0.15, 0.2) is 0 Å². The average Bonchev–Trinajstić information content (AvgIpc) is 2.54. The number of hydrogen-bond donors (Lipinski definition) is 2. The summed E-state index contributed by atoms with van der Waals surface area (Å²) in [5.41, 5.74) is 6.66. The van der Waals surface area contributed by atoms with Crippen LogP contribution in [0.25, 0.3) is 10.8 Å². The molecule has 1 unspecified atom stereocenters. The Hall–Kier alpha value is -2.59. The molecular formula is C18H14FNO2. The van der Waals surface area contributed by atoms with Gasteiger partial charge in [0, 0.05) is 22.0 Å². The summed E-state index contributed by atoms with van der Waals surface area (Å²) in [6.45, 7) is 0.0780. The lowest BCUT2D eigenvalue weighted by molar-refractivity contribution is 0.0236. The number of halogens is 1. The van der Waals surface area contributed by atoms with E-state index in [1.807, 2.05) is 24.3 Å². The van der Waals surface area contributed by atoms with E-state index < -0.39 is 5.60 Å². The van der Waals surface area contributed by atoms with Crippen LogP contribution in [0, 0.1) is 5.82 Å². The maximum absolute atomic E-state index is 13.2. The zero-order chi connectivity index (χ0) is 15.3. The minimum Gasteiger partial charge on any atom is -0.489 e.